The maximum atomic E-state index is 10.6. The lowest BCUT2D eigenvalue weighted by molar-refractivity contribution is 0.112. The van der Waals surface area contributed by atoms with E-state index in [1.54, 1.807) is 12.1 Å². The maximum absolute atomic E-state index is 10.6. The number of hydrogen-bond acceptors (Lipinski definition) is 3. The lowest BCUT2D eigenvalue weighted by atomic mass is 10.3. The highest BCUT2D eigenvalue weighted by molar-refractivity contribution is 9.10. The van der Waals surface area contributed by atoms with Crippen LogP contribution in [-0.4, -0.2) is 6.29 Å². The zero-order chi connectivity index (χ0) is 10.1. The van der Waals surface area contributed by atoms with Gasteiger partial charge in [-0.2, -0.15) is 0 Å². The molecule has 2 aromatic heterocycles. The highest BCUT2D eigenvalue weighted by Gasteiger charge is 2.10. The Hall–Kier alpha value is -0.580. The molecule has 2 aromatic rings. The molecule has 0 aliphatic heterocycles. The van der Waals surface area contributed by atoms with Gasteiger partial charge in [-0.25, -0.2) is 0 Å². The molecule has 0 fully saturated rings. The topological polar surface area (TPSA) is 30.2 Å². The molecular formula is C9H4BrClO2S. The van der Waals surface area contributed by atoms with Gasteiger partial charge < -0.3 is 4.42 Å². The van der Waals surface area contributed by atoms with E-state index in [1.807, 2.05) is 6.07 Å². The number of halogens is 2. The van der Waals surface area contributed by atoms with Crippen molar-refractivity contribution in [3.63, 3.8) is 0 Å². The molecule has 0 aliphatic carbocycles. The first-order chi connectivity index (χ1) is 6.70. The first kappa shape index (κ1) is 9.96. The van der Waals surface area contributed by atoms with Crippen molar-refractivity contribution in [2.75, 3.05) is 0 Å². The molecule has 2 heterocycles. The van der Waals surface area contributed by atoms with Crippen LogP contribution in [0.5, 0.6) is 0 Å². The molecule has 72 valence electrons. The number of carbonyl (C=O) groups is 1. The molecule has 0 aliphatic rings. The van der Waals surface area contributed by atoms with Gasteiger partial charge in [0.1, 0.15) is 5.76 Å². The fourth-order valence-corrected chi connectivity index (χ4v) is 2.50. The second kappa shape index (κ2) is 3.88. The van der Waals surface area contributed by atoms with Crippen LogP contribution in [0.2, 0.25) is 5.02 Å². The Morgan fingerprint density at radius 1 is 1.50 bits per heavy atom. The van der Waals surface area contributed by atoms with Crippen LogP contribution in [0, 0.1) is 0 Å². The summed E-state index contributed by atoms with van der Waals surface area (Å²) in [5.41, 5.74) is 0. The van der Waals surface area contributed by atoms with Crippen molar-refractivity contribution >= 4 is 45.2 Å². The molecule has 0 saturated heterocycles. The summed E-state index contributed by atoms with van der Waals surface area (Å²) >= 11 is 10.3. The molecule has 0 radical (unpaired) electrons. The van der Waals surface area contributed by atoms with Gasteiger partial charge in [-0.05, 0) is 34.1 Å². The monoisotopic (exact) mass is 290 g/mol. The van der Waals surface area contributed by atoms with Crippen LogP contribution in [0.4, 0.5) is 0 Å². The summed E-state index contributed by atoms with van der Waals surface area (Å²) in [6.45, 7) is 0. The van der Waals surface area contributed by atoms with Gasteiger partial charge >= 0.3 is 0 Å². The van der Waals surface area contributed by atoms with Crippen LogP contribution in [0.3, 0.4) is 0 Å². The second-order valence-electron chi connectivity index (χ2n) is 2.54. The number of hydrogen-bond donors (Lipinski definition) is 0. The lowest BCUT2D eigenvalue weighted by Gasteiger charge is -1.86. The fraction of sp³-hybridized carbons (Fsp3) is 0. The van der Waals surface area contributed by atoms with Gasteiger partial charge in [0.05, 0.1) is 14.8 Å². The van der Waals surface area contributed by atoms with E-state index >= 15 is 0 Å². The number of furan rings is 1. The van der Waals surface area contributed by atoms with Crippen LogP contribution in [0.15, 0.2) is 27.3 Å². The zero-order valence-electron chi connectivity index (χ0n) is 6.79. The minimum atomic E-state index is 0.465. The van der Waals surface area contributed by atoms with Gasteiger partial charge in [0.2, 0.25) is 0 Å². The molecule has 2 nitrogen and oxygen atoms in total. The third kappa shape index (κ3) is 1.78. The zero-order valence-corrected chi connectivity index (χ0v) is 9.95. The molecule has 0 bridgehead atoms. The Bertz CT molecular complexity index is 475. The van der Waals surface area contributed by atoms with Gasteiger partial charge in [0, 0.05) is 0 Å². The first-order valence-electron chi connectivity index (χ1n) is 3.71. The van der Waals surface area contributed by atoms with Gasteiger partial charge in [0.15, 0.2) is 11.0 Å². The van der Waals surface area contributed by atoms with Crippen molar-refractivity contribution < 1.29 is 9.21 Å². The Balaban J connectivity index is 2.47. The molecule has 2 rings (SSSR count). The van der Waals surface area contributed by atoms with E-state index in [4.69, 9.17) is 16.0 Å². The van der Waals surface area contributed by atoms with E-state index in [9.17, 15) is 4.79 Å². The molecule has 5 heteroatoms. The predicted octanol–water partition coefficient (Wildman–Crippen LogP) is 4.24. The lowest BCUT2D eigenvalue weighted by Crippen LogP contribution is -1.66. The summed E-state index contributed by atoms with van der Waals surface area (Å²) in [7, 11) is 0. The summed E-state index contributed by atoms with van der Waals surface area (Å²) in [6, 6.07) is 5.34. The van der Waals surface area contributed by atoms with E-state index in [1.165, 1.54) is 11.3 Å². The third-order valence-electron chi connectivity index (χ3n) is 1.64. The van der Waals surface area contributed by atoms with Crippen molar-refractivity contribution in [1.82, 2.24) is 0 Å². The molecular weight excluding hydrogens is 288 g/mol. The summed E-state index contributed by atoms with van der Waals surface area (Å²) in [6.07, 6.45) is 0.745. The molecule has 0 spiro atoms. The summed E-state index contributed by atoms with van der Waals surface area (Å²) in [5, 5.41) is 0.465. The third-order valence-corrected chi connectivity index (χ3v) is 3.56. The smallest absolute Gasteiger partial charge is 0.169 e. The van der Waals surface area contributed by atoms with Crippen LogP contribution in [-0.2, 0) is 0 Å². The van der Waals surface area contributed by atoms with Gasteiger partial charge in [-0.1, -0.05) is 11.6 Å². The van der Waals surface area contributed by atoms with Crippen LogP contribution in [0.25, 0.3) is 10.6 Å². The van der Waals surface area contributed by atoms with E-state index in [-0.39, 0.29) is 0 Å². The van der Waals surface area contributed by atoms with Crippen LogP contribution < -0.4 is 0 Å². The molecule has 0 N–H and O–H groups in total. The number of aldehydes is 1. The normalized spacial score (nSPS) is 10.4. The van der Waals surface area contributed by atoms with Crippen molar-refractivity contribution in [2.45, 2.75) is 0 Å². The highest BCUT2D eigenvalue weighted by Crippen LogP contribution is 2.35. The Labute approximate surface area is 97.6 Å². The average Bonchev–Trinajstić information content (AvgIpc) is 2.71. The van der Waals surface area contributed by atoms with Crippen molar-refractivity contribution in [3.05, 3.63) is 32.8 Å². The Morgan fingerprint density at radius 3 is 2.79 bits per heavy atom. The Morgan fingerprint density at radius 2 is 2.29 bits per heavy atom. The molecule has 14 heavy (non-hydrogen) atoms. The fourth-order valence-electron chi connectivity index (χ4n) is 1.03. The molecule has 0 aromatic carbocycles. The number of carbonyl (C=O) groups excluding carboxylic acids is 1. The first-order valence-corrected chi connectivity index (χ1v) is 5.69. The number of rotatable bonds is 2. The van der Waals surface area contributed by atoms with Crippen molar-refractivity contribution in [1.29, 1.82) is 0 Å². The SMILES string of the molecule is O=Cc1sc(-c2ccc(Br)o2)cc1Cl. The van der Waals surface area contributed by atoms with Gasteiger partial charge in [0.25, 0.3) is 0 Å². The second-order valence-corrected chi connectivity index (χ2v) is 4.82. The van der Waals surface area contributed by atoms with E-state index in [0.29, 0.717) is 20.3 Å². The van der Waals surface area contributed by atoms with Crippen LogP contribution in [0.1, 0.15) is 9.67 Å². The van der Waals surface area contributed by atoms with E-state index in [0.717, 1.165) is 11.2 Å². The summed E-state index contributed by atoms with van der Waals surface area (Å²) in [4.78, 5) is 11.9. The maximum Gasteiger partial charge on any atom is 0.169 e. The largest absolute Gasteiger partial charge is 0.449 e. The minimum Gasteiger partial charge on any atom is -0.449 e. The van der Waals surface area contributed by atoms with Crippen molar-refractivity contribution in [2.24, 2.45) is 0 Å². The highest BCUT2D eigenvalue weighted by atomic mass is 79.9. The van der Waals surface area contributed by atoms with Gasteiger partial charge in [-0.3, -0.25) is 4.79 Å². The minimum absolute atomic E-state index is 0.465. The summed E-state index contributed by atoms with van der Waals surface area (Å²) < 4.78 is 5.99. The average molecular weight is 292 g/mol. The van der Waals surface area contributed by atoms with E-state index in [2.05, 4.69) is 15.9 Å². The van der Waals surface area contributed by atoms with E-state index < -0.39 is 0 Å². The predicted molar refractivity (Wildman–Crippen MR) is 60.1 cm³/mol. The summed E-state index contributed by atoms with van der Waals surface area (Å²) in [5.74, 6) is 0.705. The Kier molecular flexibility index (Phi) is 2.76. The van der Waals surface area contributed by atoms with Crippen molar-refractivity contribution in [3.8, 4) is 10.6 Å². The quantitative estimate of drug-likeness (QED) is 0.775. The van der Waals surface area contributed by atoms with Gasteiger partial charge in [-0.15, -0.1) is 11.3 Å². The molecule has 0 atom stereocenters. The molecule has 0 saturated carbocycles. The van der Waals surface area contributed by atoms with Crippen LogP contribution >= 0.6 is 38.9 Å². The molecule has 0 amide bonds. The number of thiophene rings is 1. The standard InChI is InChI=1S/C9H4BrClO2S/c10-9-2-1-6(13-9)7-3-5(11)8(4-12)14-7/h1-4H. The molecule has 0 unspecified atom stereocenters.